The van der Waals surface area contributed by atoms with Gasteiger partial charge >= 0.3 is 6.09 Å². The summed E-state index contributed by atoms with van der Waals surface area (Å²) in [4.78, 5) is 30.6. The topological polar surface area (TPSA) is 71.5 Å². The van der Waals surface area contributed by atoms with E-state index in [0.717, 1.165) is 23.5 Å². The lowest BCUT2D eigenvalue weighted by atomic mass is 10.1. The van der Waals surface area contributed by atoms with Crippen molar-refractivity contribution in [2.75, 3.05) is 18.0 Å². The Balaban J connectivity index is 1.59. The third-order valence-corrected chi connectivity index (χ3v) is 5.74. The Morgan fingerprint density at radius 3 is 2.66 bits per heavy atom. The van der Waals surface area contributed by atoms with Crippen molar-refractivity contribution < 1.29 is 9.53 Å². The standard InChI is InChI=1S/C20H24ClN5O2S/c1-11-23-16(12-5-6-22-15(21)7-12)17(29)18(24-11)25-9-14-8-13(25)10-26(14)19(27)28-20(2,3)4/h5-7,13-14,29H,8-10H2,1-4H3. The summed E-state index contributed by atoms with van der Waals surface area (Å²) >= 11 is 10.8. The number of likely N-dealkylation sites (tertiary alicyclic amines) is 1. The zero-order chi connectivity index (χ0) is 20.9. The van der Waals surface area contributed by atoms with E-state index in [1.165, 1.54) is 0 Å². The van der Waals surface area contributed by atoms with Crippen molar-refractivity contribution in [3.8, 4) is 11.3 Å². The van der Waals surface area contributed by atoms with Gasteiger partial charge in [0, 0.05) is 24.8 Å². The van der Waals surface area contributed by atoms with Crippen LogP contribution in [0.2, 0.25) is 5.15 Å². The van der Waals surface area contributed by atoms with E-state index in [0.29, 0.717) is 29.0 Å². The lowest BCUT2D eigenvalue weighted by Crippen LogP contribution is -2.50. The summed E-state index contributed by atoms with van der Waals surface area (Å²) in [6.07, 6.45) is 2.30. The van der Waals surface area contributed by atoms with Crippen LogP contribution in [0.5, 0.6) is 0 Å². The van der Waals surface area contributed by atoms with Crippen molar-refractivity contribution in [3.05, 3.63) is 29.3 Å². The van der Waals surface area contributed by atoms with Crippen LogP contribution < -0.4 is 4.90 Å². The largest absolute Gasteiger partial charge is 0.444 e. The molecule has 2 atom stereocenters. The molecule has 2 unspecified atom stereocenters. The summed E-state index contributed by atoms with van der Waals surface area (Å²) in [5.41, 5.74) is 1.08. The monoisotopic (exact) mass is 433 g/mol. The number of carbonyl (C=O) groups is 1. The number of carbonyl (C=O) groups excluding carboxylic acids is 1. The molecular weight excluding hydrogens is 410 g/mol. The number of nitrogens with zero attached hydrogens (tertiary/aromatic N) is 5. The van der Waals surface area contributed by atoms with Crippen LogP contribution in [0.15, 0.2) is 23.2 Å². The van der Waals surface area contributed by atoms with E-state index in [4.69, 9.17) is 29.0 Å². The molecule has 7 nitrogen and oxygen atoms in total. The minimum absolute atomic E-state index is 0.108. The lowest BCUT2D eigenvalue weighted by Gasteiger charge is -2.36. The minimum atomic E-state index is -0.499. The summed E-state index contributed by atoms with van der Waals surface area (Å²) < 4.78 is 5.56. The summed E-state index contributed by atoms with van der Waals surface area (Å²) in [7, 11) is 0. The van der Waals surface area contributed by atoms with E-state index in [-0.39, 0.29) is 18.2 Å². The second-order valence-corrected chi connectivity index (χ2v) is 9.32. The number of aryl methyl sites for hydroxylation is 1. The lowest BCUT2D eigenvalue weighted by molar-refractivity contribution is 0.0214. The van der Waals surface area contributed by atoms with E-state index in [2.05, 4.69) is 19.9 Å². The molecule has 2 aromatic heterocycles. The Kier molecular flexibility index (Phi) is 5.11. The number of hydrogen-bond donors (Lipinski definition) is 1. The maximum atomic E-state index is 12.5. The van der Waals surface area contributed by atoms with Crippen molar-refractivity contribution in [1.82, 2.24) is 19.9 Å². The smallest absolute Gasteiger partial charge is 0.410 e. The molecule has 0 radical (unpaired) electrons. The van der Waals surface area contributed by atoms with Crippen LogP contribution in [0.1, 0.15) is 33.0 Å². The number of thiol groups is 1. The molecule has 4 rings (SSSR count). The maximum Gasteiger partial charge on any atom is 0.410 e. The molecule has 154 valence electrons. The Labute approximate surface area is 180 Å². The van der Waals surface area contributed by atoms with Gasteiger partial charge in [-0.05, 0) is 46.2 Å². The van der Waals surface area contributed by atoms with E-state index in [1.807, 2.05) is 38.7 Å². The molecule has 2 fully saturated rings. The van der Waals surface area contributed by atoms with Crippen LogP contribution in [0.25, 0.3) is 11.3 Å². The Morgan fingerprint density at radius 2 is 2.03 bits per heavy atom. The molecule has 0 spiro atoms. The minimum Gasteiger partial charge on any atom is -0.444 e. The molecule has 9 heteroatoms. The average Bonchev–Trinajstić information content (AvgIpc) is 3.22. The highest BCUT2D eigenvalue weighted by Gasteiger charge is 2.47. The second-order valence-electron chi connectivity index (χ2n) is 8.49. The summed E-state index contributed by atoms with van der Waals surface area (Å²) in [6, 6.07) is 3.92. The van der Waals surface area contributed by atoms with Crippen LogP contribution in [-0.2, 0) is 4.74 Å². The van der Waals surface area contributed by atoms with Gasteiger partial charge in [-0.2, -0.15) is 0 Å². The molecule has 2 saturated heterocycles. The highest BCUT2D eigenvalue weighted by Crippen LogP contribution is 2.39. The van der Waals surface area contributed by atoms with Gasteiger partial charge in [0.1, 0.15) is 22.4 Å². The number of piperazine rings is 1. The van der Waals surface area contributed by atoms with Gasteiger partial charge < -0.3 is 14.5 Å². The maximum absolute atomic E-state index is 12.5. The predicted molar refractivity (Wildman–Crippen MR) is 115 cm³/mol. The number of hydrogen-bond acceptors (Lipinski definition) is 7. The predicted octanol–water partition coefficient (Wildman–Crippen LogP) is 3.99. The van der Waals surface area contributed by atoms with Gasteiger partial charge in [-0.3, -0.25) is 0 Å². The summed E-state index contributed by atoms with van der Waals surface area (Å²) in [5, 5.41) is 0.404. The van der Waals surface area contributed by atoms with Crippen molar-refractivity contribution in [2.24, 2.45) is 0 Å². The van der Waals surface area contributed by atoms with Crippen LogP contribution in [0, 0.1) is 6.92 Å². The molecule has 29 heavy (non-hydrogen) atoms. The fourth-order valence-corrected chi connectivity index (χ4v) is 4.51. The zero-order valence-electron chi connectivity index (χ0n) is 16.9. The Hall–Kier alpha value is -2.06. The molecule has 1 amide bonds. The number of rotatable bonds is 2. The fraction of sp³-hybridized carbons (Fsp3) is 0.500. The average molecular weight is 434 g/mol. The highest BCUT2D eigenvalue weighted by molar-refractivity contribution is 7.80. The van der Waals surface area contributed by atoms with Gasteiger partial charge in [0.2, 0.25) is 0 Å². The van der Waals surface area contributed by atoms with Gasteiger partial charge in [0.05, 0.1) is 22.7 Å². The zero-order valence-corrected chi connectivity index (χ0v) is 18.5. The van der Waals surface area contributed by atoms with E-state index >= 15 is 0 Å². The molecule has 4 heterocycles. The Morgan fingerprint density at radius 1 is 1.28 bits per heavy atom. The SMILES string of the molecule is Cc1nc(-c2ccnc(Cl)c2)c(S)c(N2CC3CC2CN3C(=O)OC(C)(C)C)n1. The van der Waals surface area contributed by atoms with Crippen molar-refractivity contribution >= 4 is 36.1 Å². The molecule has 0 saturated carbocycles. The first-order valence-corrected chi connectivity index (χ1v) is 10.4. The van der Waals surface area contributed by atoms with Crippen molar-refractivity contribution in [2.45, 2.75) is 56.7 Å². The molecule has 0 N–H and O–H groups in total. The van der Waals surface area contributed by atoms with Crippen LogP contribution >= 0.6 is 24.2 Å². The fourth-order valence-electron chi connectivity index (χ4n) is 3.97. The number of halogens is 1. The van der Waals surface area contributed by atoms with Gasteiger partial charge in [-0.25, -0.2) is 19.7 Å². The number of pyridine rings is 1. The molecule has 0 aliphatic carbocycles. The van der Waals surface area contributed by atoms with Gasteiger partial charge in [-0.1, -0.05) is 11.6 Å². The molecule has 2 aliphatic rings. The number of fused-ring (bicyclic) bond motifs is 2. The first kappa shape index (κ1) is 20.2. The normalized spacial score (nSPS) is 21.0. The third kappa shape index (κ3) is 4.00. The quantitative estimate of drug-likeness (QED) is 0.570. The molecule has 2 bridgehead atoms. The highest BCUT2D eigenvalue weighted by atomic mass is 35.5. The molecule has 2 aliphatic heterocycles. The van der Waals surface area contributed by atoms with Gasteiger partial charge in [0.15, 0.2) is 0 Å². The van der Waals surface area contributed by atoms with Crippen LogP contribution in [-0.4, -0.2) is 56.7 Å². The van der Waals surface area contributed by atoms with E-state index < -0.39 is 5.60 Å². The molecule has 0 aromatic carbocycles. The van der Waals surface area contributed by atoms with Crippen molar-refractivity contribution in [3.63, 3.8) is 0 Å². The van der Waals surface area contributed by atoms with E-state index in [9.17, 15) is 4.79 Å². The molecular formula is C20H24ClN5O2S. The second kappa shape index (κ2) is 7.32. The Bertz CT molecular complexity index is 964. The number of anilines is 1. The summed E-state index contributed by atoms with van der Waals surface area (Å²) in [5.74, 6) is 1.45. The van der Waals surface area contributed by atoms with E-state index in [1.54, 1.807) is 12.3 Å². The van der Waals surface area contributed by atoms with Gasteiger partial charge in [0.25, 0.3) is 0 Å². The number of ether oxygens (including phenoxy) is 1. The first-order valence-electron chi connectivity index (χ1n) is 9.58. The van der Waals surface area contributed by atoms with Gasteiger partial charge in [-0.15, -0.1) is 12.6 Å². The molecule has 2 aromatic rings. The number of aromatic nitrogens is 3. The van der Waals surface area contributed by atoms with Crippen molar-refractivity contribution in [1.29, 1.82) is 0 Å². The summed E-state index contributed by atoms with van der Waals surface area (Å²) in [6.45, 7) is 8.83. The first-order chi connectivity index (χ1) is 13.6. The third-order valence-electron chi connectivity index (χ3n) is 5.12. The number of amides is 1. The van der Waals surface area contributed by atoms with Crippen LogP contribution in [0.3, 0.4) is 0 Å². The van der Waals surface area contributed by atoms with Crippen LogP contribution in [0.4, 0.5) is 10.6 Å².